The summed E-state index contributed by atoms with van der Waals surface area (Å²) in [6.07, 6.45) is 0. The van der Waals surface area contributed by atoms with Crippen LogP contribution in [-0.4, -0.2) is 69.7 Å². The number of hydrogen-bond donors (Lipinski definition) is 4. The van der Waals surface area contributed by atoms with Crippen LogP contribution in [0.25, 0.3) is 0 Å². The quantitative estimate of drug-likeness (QED) is 0.273. The largest absolute Gasteiger partial charge is 0.372 e. The van der Waals surface area contributed by atoms with Gasteiger partial charge in [-0.2, -0.15) is 0 Å². The summed E-state index contributed by atoms with van der Waals surface area (Å²) in [4.78, 5) is 17.2. The average molecular weight is 539 g/mol. The maximum Gasteiger partial charge on any atom is 0.132 e. The predicted octanol–water partition coefficient (Wildman–Crippen LogP) is 4.60. The van der Waals surface area contributed by atoms with Gasteiger partial charge in [-0.15, -0.1) is 0 Å². The lowest BCUT2D eigenvalue weighted by atomic mass is 10.1. The van der Waals surface area contributed by atoms with Gasteiger partial charge < -0.3 is 21.3 Å². The minimum absolute atomic E-state index is 0.732. The Morgan fingerprint density at radius 3 is 1.85 bits per heavy atom. The van der Waals surface area contributed by atoms with Crippen molar-refractivity contribution in [1.82, 2.24) is 16.0 Å². The van der Waals surface area contributed by atoms with Crippen LogP contribution in [0.1, 0.15) is 37.5 Å². The van der Waals surface area contributed by atoms with Crippen molar-refractivity contribution < 1.29 is 0 Å². The summed E-state index contributed by atoms with van der Waals surface area (Å²) < 4.78 is 0. The molecule has 0 amide bonds. The third kappa shape index (κ3) is 10.0. The molecule has 0 spiro atoms. The smallest absolute Gasteiger partial charge is 0.132 e. The van der Waals surface area contributed by atoms with Gasteiger partial charge in [-0.05, 0) is 32.9 Å². The van der Waals surface area contributed by atoms with Crippen molar-refractivity contribution in [3.8, 4) is 0 Å². The van der Waals surface area contributed by atoms with Crippen LogP contribution in [0.3, 0.4) is 0 Å². The van der Waals surface area contributed by atoms with Crippen LogP contribution in [0.2, 0.25) is 0 Å². The topological polar surface area (TPSA) is 97.6 Å². The molecule has 4 N–H and O–H groups in total. The predicted molar refractivity (Wildman–Crippen MR) is 172 cm³/mol. The highest BCUT2D eigenvalue weighted by Crippen LogP contribution is 2.11. The highest BCUT2D eigenvalue weighted by atomic mass is 15.1. The van der Waals surface area contributed by atoms with Gasteiger partial charge in [0, 0.05) is 55.6 Å². The van der Waals surface area contributed by atoms with E-state index in [-0.39, 0.29) is 0 Å². The van der Waals surface area contributed by atoms with Crippen LogP contribution in [0.5, 0.6) is 0 Å². The normalized spacial score (nSPS) is 14.3. The first-order valence-corrected chi connectivity index (χ1v) is 13.9. The van der Waals surface area contributed by atoms with Crippen LogP contribution in [0.15, 0.2) is 105 Å². The molecule has 0 bridgehead atoms. The molecule has 5 rings (SSSR count). The van der Waals surface area contributed by atoms with E-state index >= 15 is 0 Å². The Labute approximate surface area is 238 Å². The highest BCUT2D eigenvalue weighted by Gasteiger charge is 2.07. The van der Waals surface area contributed by atoms with Crippen molar-refractivity contribution in [2.75, 3.05) is 51.6 Å². The number of amidine groups is 4. The van der Waals surface area contributed by atoms with E-state index in [1.54, 1.807) is 7.05 Å². The fourth-order valence-corrected chi connectivity index (χ4v) is 3.99. The van der Waals surface area contributed by atoms with Crippen LogP contribution in [-0.2, 0) is 0 Å². The Hall–Kier alpha value is -4.46. The molecule has 8 nitrogen and oxygen atoms in total. The maximum absolute atomic E-state index is 4.58. The molecular formula is C32H42N8. The van der Waals surface area contributed by atoms with E-state index in [4.69, 9.17) is 0 Å². The fraction of sp³-hybridized carbons (Fsp3) is 0.312. The highest BCUT2D eigenvalue weighted by molar-refractivity contribution is 6.09. The van der Waals surface area contributed by atoms with Gasteiger partial charge >= 0.3 is 0 Å². The number of anilines is 1. The average Bonchev–Trinajstić information content (AvgIpc) is 3.72. The zero-order valence-electron chi connectivity index (χ0n) is 24.1. The summed E-state index contributed by atoms with van der Waals surface area (Å²) in [5.74, 6) is 3.90. The van der Waals surface area contributed by atoms with Gasteiger partial charge in [-0.1, -0.05) is 72.8 Å². The van der Waals surface area contributed by atoms with Gasteiger partial charge in [0.2, 0.25) is 0 Å². The second-order valence-electron chi connectivity index (χ2n) is 8.91. The molecule has 3 aromatic rings. The number of nitrogens with zero attached hydrogens (tertiary/aromatic N) is 4. The second kappa shape index (κ2) is 17.2. The van der Waals surface area contributed by atoms with E-state index in [1.807, 2.05) is 62.4 Å². The molecule has 8 heteroatoms. The van der Waals surface area contributed by atoms with E-state index in [0.29, 0.717) is 0 Å². The third-order valence-corrected chi connectivity index (χ3v) is 5.92. The molecule has 0 saturated carbocycles. The Morgan fingerprint density at radius 1 is 0.775 bits per heavy atom. The summed E-state index contributed by atoms with van der Waals surface area (Å²) in [7, 11) is 1.80. The van der Waals surface area contributed by atoms with Crippen molar-refractivity contribution in [1.29, 1.82) is 0 Å². The van der Waals surface area contributed by atoms with Gasteiger partial charge in [-0.25, -0.2) is 0 Å². The molecule has 210 valence electrons. The maximum atomic E-state index is 4.58. The molecule has 2 aliphatic heterocycles. The fourth-order valence-electron chi connectivity index (χ4n) is 3.99. The number of para-hydroxylation sites is 1. The Bertz CT molecular complexity index is 1260. The van der Waals surface area contributed by atoms with E-state index in [1.165, 1.54) is 5.56 Å². The summed E-state index contributed by atoms with van der Waals surface area (Å²) in [6, 6.07) is 28.6. The lowest BCUT2D eigenvalue weighted by Gasteiger charge is -2.12. The SMILES string of the molecule is CC1=NCCN1.CCN=C(Nc1ccccc1)c1ccc(C(=NC)NCC)cc1.c1ccc(C2=NCCN2)cc1. The molecule has 0 fully saturated rings. The standard InChI is InChI=1S/C19H24N4.C9H10N2.C4H8N2/c1-4-21-18(20-3)15-11-13-16(14-12-15)19(22-5-2)23-17-9-7-6-8-10-17;1-2-4-8(5-3-1)9-10-6-7-11-9;1-4-5-2-3-6-4/h6-14H,4-5H2,1-3H3,(H,20,21)(H,22,23);1-5H,6-7H2,(H,10,11);2-3H2,1H3,(H,5,6). The van der Waals surface area contributed by atoms with E-state index in [2.05, 4.69) is 84.6 Å². The monoisotopic (exact) mass is 538 g/mol. The van der Waals surface area contributed by atoms with Crippen LogP contribution >= 0.6 is 0 Å². The second-order valence-corrected chi connectivity index (χ2v) is 8.91. The van der Waals surface area contributed by atoms with Crippen molar-refractivity contribution in [3.05, 3.63) is 102 Å². The molecule has 0 radical (unpaired) electrons. The Balaban J connectivity index is 0.000000210. The molecule has 0 aromatic heterocycles. The molecular weight excluding hydrogens is 496 g/mol. The van der Waals surface area contributed by atoms with Crippen molar-refractivity contribution in [3.63, 3.8) is 0 Å². The zero-order valence-corrected chi connectivity index (χ0v) is 24.1. The van der Waals surface area contributed by atoms with Crippen molar-refractivity contribution >= 4 is 29.0 Å². The lowest BCUT2D eigenvalue weighted by Crippen LogP contribution is -2.24. The van der Waals surface area contributed by atoms with Gasteiger partial charge in [0.05, 0.1) is 18.9 Å². The summed E-state index contributed by atoms with van der Waals surface area (Å²) in [6.45, 7) is 11.5. The van der Waals surface area contributed by atoms with Gasteiger partial charge in [0.1, 0.15) is 17.5 Å². The molecule has 0 saturated heterocycles. The first-order chi connectivity index (χ1) is 19.6. The Kier molecular flexibility index (Phi) is 12.9. The summed E-state index contributed by atoms with van der Waals surface area (Å²) in [5.41, 5.74) is 4.36. The van der Waals surface area contributed by atoms with Gasteiger partial charge in [0.25, 0.3) is 0 Å². The number of rotatable bonds is 6. The van der Waals surface area contributed by atoms with Crippen LogP contribution < -0.4 is 21.3 Å². The third-order valence-electron chi connectivity index (χ3n) is 5.92. The molecule has 2 aliphatic rings. The first kappa shape index (κ1) is 30.1. The molecule has 2 heterocycles. The molecule has 3 aromatic carbocycles. The minimum atomic E-state index is 0.732. The van der Waals surface area contributed by atoms with Gasteiger partial charge in [-0.3, -0.25) is 20.0 Å². The molecule has 40 heavy (non-hydrogen) atoms. The number of aliphatic imine (C=N–C) groups is 4. The lowest BCUT2D eigenvalue weighted by molar-refractivity contribution is 0.958. The van der Waals surface area contributed by atoms with Crippen molar-refractivity contribution in [2.45, 2.75) is 20.8 Å². The van der Waals surface area contributed by atoms with E-state index < -0.39 is 0 Å². The molecule has 0 aliphatic carbocycles. The van der Waals surface area contributed by atoms with Crippen LogP contribution in [0.4, 0.5) is 5.69 Å². The molecule has 0 unspecified atom stereocenters. The number of benzene rings is 3. The Morgan fingerprint density at radius 2 is 1.38 bits per heavy atom. The van der Waals surface area contributed by atoms with Crippen molar-refractivity contribution in [2.24, 2.45) is 20.0 Å². The van der Waals surface area contributed by atoms with Gasteiger partial charge in [0.15, 0.2) is 0 Å². The minimum Gasteiger partial charge on any atom is -0.372 e. The zero-order chi connectivity index (χ0) is 28.4. The molecule has 0 atom stereocenters. The summed E-state index contributed by atoms with van der Waals surface area (Å²) >= 11 is 0. The van der Waals surface area contributed by atoms with E-state index in [0.717, 1.165) is 79.4 Å². The number of nitrogens with one attached hydrogen (secondary N) is 4. The van der Waals surface area contributed by atoms with Crippen LogP contribution in [0, 0.1) is 0 Å². The number of hydrogen-bond acceptors (Lipinski definition) is 6. The summed E-state index contributed by atoms with van der Waals surface area (Å²) in [5, 5.41) is 12.9. The first-order valence-electron chi connectivity index (χ1n) is 13.9. The van der Waals surface area contributed by atoms with E-state index in [9.17, 15) is 0 Å².